The van der Waals surface area contributed by atoms with Crippen LogP contribution >= 0.6 is 0 Å². The molecule has 2 nitrogen and oxygen atoms in total. The molecule has 10 heavy (non-hydrogen) atoms. The Morgan fingerprint density at radius 1 is 1.50 bits per heavy atom. The van der Waals surface area contributed by atoms with E-state index < -0.39 is 6.29 Å². The Labute approximate surface area is 63.2 Å². The highest BCUT2D eigenvalue weighted by Gasteiger charge is 2.26. The second-order valence-corrected chi connectivity index (χ2v) is 3.33. The van der Waals surface area contributed by atoms with Crippen LogP contribution in [0.15, 0.2) is 0 Å². The molecule has 0 aromatic rings. The van der Waals surface area contributed by atoms with Crippen LogP contribution in [0.5, 0.6) is 0 Å². The summed E-state index contributed by atoms with van der Waals surface area (Å²) in [5.41, 5.74) is -0.108. The summed E-state index contributed by atoms with van der Waals surface area (Å²) in [6.45, 7) is 6.11. The van der Waals surface area contributed by atoms with Crippen molar-refractivity contribution in [2.75, 3.05) is 7.11 Å². The second kappa shape index (κ2) is 3.94. The fourth-order valence-electron chi connectivity index (χ4n) is 1.09. The molecule has 62 valence electrons. The van der Waals surface area contributed by atoms with Crippen LogP contribution in [0.1, 0.15) is 33.6 Å². The quantitative estimate of drug-likeness (QED) is 0.612. The zero-order valence-electron chi connectivity index (χ0n) is 7.35. The van der Waals surface area contributed by atoms with E-state index in [2.05, 4.69) is 6.92 Å². The van der Waals surface area contributed by atoms with Crippen molar-refractivity contribution in [2.45, 2.75) is 39.9 Å². The van der Waals surface area contributed by atoms with E-state index in [4.69, 9.17) is 4.74 Å². The monoisotopic (exact) mass is 146 g/mol. The van der Waals surface area contributed by atoms with Crippen molar-refractivity contribution in [3.63, 3.8) is 0 Å². The highest BCUT2D eigenvalue weighted by Crippen LogP contribution is 2.26. The van der Waals surface area contributed by atoms with Gasteiger partial charge < -0.3 is 9.84 Å². The average Bonchev–Trinajstić information content (AvgIpc) is 1.86. The molecule has 0 saturated carbocycles. The number of hydrogen-bond donors (Lipinski definition) is 1. The number of aliphatic hydroxyl groups is 1. The maximum atomic E-state index is 9.29. The van der Waals surface area contributed by atoms with E-state index in [1.807, 2.05) is 13.8 Å². The molecule has 0 fully saturated rings. The largest absolute Gasteiger partial charge is 0.368 e. The minimum Gasteiger partial charge on any atom is -0.368 e. The van der Waals surface area contributed by atoms with Gasteiger partial charge in [-0.05, 0) is 6.42 Å². The molecule has 0 aliphatic heterocycles. The number of rotatable bonds is 4. The van der Waals surface area contributed by atoms with Crippen molar-refractivity contribution in [1.82, 2.24) is 0 Å². The SMILES string of the molecule is CCCC(C)(C)C(O)OC. The van der Waals surface area contributed by atoms with E-state index in [1.165, 1.54) is 7.11 Å². The second-order valence-electron chi connectivity index (χ2n) is 3.33. The molecule has 0 aliphatic rings. The zero-order chi connectivity index (χ0) is 8.20. The summed E-state index contributed by atoms with van der Waals surface area (Å²) in [5, 5.41) is 9.29. The first-order chi connectivity index (χ1) is 4.54. The third-order valence-corrected chi connectivity index (χ3v) is 1.79. The highest BCUT2D eigenvalue weighted by molar-refractivity contribution is 4.70. The molecule has 2 heteroatoms. The molecular weight excluding hydrogens is 128 g/mol. The van der Waals surface area contributed by atoms with Gasteiger partial charge in [-0.15, -0.1) is 0 Å². The Bertz CT molecular complexity index is 89.3. The van der Waals surface area contributed by atoms with Crippen LogP contribution in [0.3, 0.4) is 0 Å². The minimum absolute atomic E-state index is 0.108. The molecule has 1 N–H and O–H groups in total. The van der Waals surface area contributed by atoms with Crippen LogP contribution in [0.25, 0.3) is 0 Å². The topological polar surface area (TPSA) is 29.5 Å². The van der Waals surface area contributed by atoms with Crippen LogP contribution in [0, 0.1) is 5.41 Å². The summed E-state index contributed by atoms with van der Waals surface area (Å²) in [5.74, 6) is 0. The van der Waals surface area contributed by atoms with Crippen molar-refractivity contribution < 1.29 is 9.84 Å². The Hall–Kier alpha value is -0.0800. The maximum absolute atomic E-state index is 9.29. The number of ether oxygens (including phenoxy) is 1. The van der Waals surface area contributed by atoms with Gasteiger partial charge in [-0.25, -0.2) is 0 Å². The van der Waals surface area contributed by atoms with E-state index in [1.54, 1.807) is 0 Å². The van der Waals surface area contributed by atoms with Crippen molar-refractivity contribution in [1.29, 1.82) is 0 Å². The normalized spacial score (nSPS) is 15.3. The Balaban J connectivity index is 3.82. The van der Waals surface area contributed by atoms with Crippen LogP contribution in [0.2, 0.25) is 0 Å². The summed E-state index contributed by atoms with van der Waals surface area (Å²) < 4.78 is 4.82. The lowest BCUT2D eigenvalue weighted by Crippen LogP contribution is -2.30. The molecule has 0 amide bonds. The predicted octanol–water partition coefficient (Wildman–Crippen LogP) is 1.78. The molecule has 0 radical (unpaired) electrons. The maximum Gasteiger partial charge on any atom is 0.159 e. The smallest absolute Gasteiger partial charge is 0.159 e. The lowest BCUT2D eigenvalue weighted by Gasteiger charge is -2.28. The van der Waals surface area contributed by atoms with E-state index >= 15 is 0 Å². The van der Waals surface area contributed by atoms with Gasteiger partial charge in [-0.3, -0.25) is 0 Å². The van der Waals surface area contributed by atoms with Crippen molar-refractivity contribution in [3.05, 3.63) is 0 Å². The fraction of sp³-hybridized carbons (Fsp3) is 1.00. The van der Waals surface area contributed by atoms with Crippen LogP contribution in [0.4, 0.5) is 0 Å². The highest BCUT2D eigenvalue weighted by atomic mass is 16.6. The molecule has 1 atom stereocenters. The molecule has 1 unspecified atom stereocenters. The first-order valence-corrected chi connectivity index (χ1v) is 3.75. The van der Waals surface area contributed by atoms with Gasteiger partial charge in [0.05, 0.1) is 0 Å². The van der Waals surface area contributed by atoms with Gasteiger partial charge in [-0.1, -0.05) is 27.2 Å². The van der Waals surface area contributed by atoms with Gasteiger partial charge in [-0.2, -0.15) is 0 Å². The van der Waals surface area contributed by atoms with Gasteiger partial charge in [0.25, 0.3) is 0 Å². The van der Waals surface area contributed by atoms with E-state index in [9.17, 15) is 5.11 Å². The summed E-state index contributed by atoms with van der Waals surface area (Å²) >= 11 is 0. The summed E-state index contributed by atoms with van der Waals surface area (Å²) in [6, 6.07) is 0. The van der Waals surface area contributed by atoms with E-state index in [0.29, 0.717) is 0 Å². The van der Waals surface area contributed by atoms with E-state index in [0.717, 1.165) is 12.8 Å². The fourth-order valence-corrected chi connectivity index (χ4v) is 1.09. The molecule has 0 aliphatic carbocycles. The molecule has 0 rings (SSSR count). The van der Waals surface area contributed by atoms with Gasteiger partial charge in [0.2, 0.25) is 0 Å². The molecule has 0 saturated heterocycles. The zero-order valence-corrected chi connectivity index (χ0v) is 7.35. The predicted molar refractivity (Wildman–Crippen MR) is 41.7 cm³/mol. The van der Waals surface area contributed by atoms with Crippen LogP contribution in [-0.2, 0) is 4.74 Å². The molecule has 0 heterocycles. The average molecular weight is 146 g/mol. The summed E-state index contributed by atoms with van der Waals surface area (Å²) in [7, 11) is 1.53. The number of aliphatic hydroxyl groups excluding tert-OH is 1. The standard InChI is InChI=1S/C8H18O2/c1-5-6-8(2,3)7(9)10-4/h7,9H,5-6H2,1-4H3. The Morgan fingerprint density at radius 2 is 2.00 bits per heavy atom. The van der Waals surface area contributed by atoms with Crippen LogP contribution < -0.4 is 0 Å². The van der Waals surface area contributed by atoms with Crippen molar-refractivity contribution >= 4 is 0 Å². The minimum atomic E-state index is -0.632. The molecule has 0 aromatic heterocycles. The lowest BCUT2D eigenvalue weighted by molar-refractivity contribution is -0.148. The third-order valence-electron chi connectivity index (χ3n) is 1.79. The van der Waals surface area contributed by atoms with Crippen LogP contribution in [-0.4, -0.2) is 18.5 Å². The van der Waals surface area contributed by atoms with Gasteiger partial charge in [0.15, 0.2) is 6.29 Å². The van der Waals surface area contributed by atoms with E-state index in [-0.39, 0.29) is 5.41 Å². The van der Waals surface area contributed by atoms with Crippen molar-refractivity contribution in [2.24, 2.45) is 5.41 Å². The van der Waals surface area contributed by atoms with Gasteiger partial charge in [0.1, 0.15) is 0 Å². The van der Waals surface area contributed by atoms with Crippen molar-refractivity contribution in [3.8, 4) is 0 Å². The first kappa shape index (κ1) is 9.92. The molecule has 0 spiro atoms. The third kappa shape index (κ3) is 2.67. The lowest BCUT2D eigenvalue weighted by atomic mass is 9.87. The first-order valence-electron chi connectivity index (χ1n) is 3.75. The summed E-state index contributed by atoms with van der Waals surface area (Å²) in [4.78, 5) is 0. The Kier molecular flexibility index (Phi) is 3.91. The summed E-state index contributed by atoms with van der Waals surface area (Å²) in [6.07, 6.45) is 1.43. The molecular formula is C8H18O2. The number of hydrogen-bond acceptors (Lipinski definition) is 2. The molecule has 0 aromatic carbocycles. The molecule has 0 bridgehead atoms. The number of methoxy groups -OCH3 is 1. The van der Waals surface area contributed by atoms with Gasteiger partial charge in [0, 0.05) is 12.5 Å². The Morgan fingerprint density at radius 3 is 2.30 bits per heavy atom. The van der Waals surface area contributed by atoms with Gasteiger partial charge >= 0.3 is 0 Å².